The van der Waals surface area contributed by atoms with Gasteiger partial charge in [0.2, 0.25) is 0 Å². The van der Waals surface area contributed by atoms with Gasteiger partial charge in [-0.1, -0.05) is 32.0 Å². The lowest BCUT2D eigenvalue weighted by Gasteiger charge is -2.15. The molecule has 0 spiro atoms. The van der Waals surface area contributed by atoms with Gasteiger partial charge in [0.05, 0.1) is 5.69 Å². The van der Waals surface area contributed by atoms with Gasteiger partial charge in [0.15, 0.2) is 0 Å². The first kappa shape index (κ1) is 16.9. The summed E-state index contributed by atoms with van der Waals surface area (Å²) in [7, 11) is -4.19. The zero-order chi connectivity index (χ0) is 16.5. The molecule has 0 aromatic heterocycles. The lowest BCUT2D eigenvalue weighted by atomic mass is 10.0. The Hall–Kier alpha value is -1.47. The van der Waals surface area contributed by atoms with Crippen LogP contribution in [0.3, 0.4) is 0 Å². The fourth-order valence-corrected chi connectivity index (χ4v) is 4.33. The summed E-state index contributed by atoms with van der Waals surface area (Å²) in [6.45, 7) is 3.84. The van der Waals surface area contributed by atoms with Crippen molar-refractivity contribution < 1.29 is 17.2 Å². The molecule has 2 aromatic carbocycles. The predicted octanol–water partition coefficient (Wildman–Crippen LogP) is 4.65. The van der Waals surface area contributed by atoms with Crippen molar-refractivity contribution >= 4 is 31.6 Å². The molecule has 0 aliphatic rings. The minimum atomic E-state index is -4.19. The second-order valence-electron chi connectivity index (χ2n) is 5.05. The fraction of sp³-hybridized carbons (Fsp3) is 0.200. The maximum absolute atomic E-state index is 13.9. The average Bonchev–Trinajstić information content (AvgIpc) is 2.36. The number of sulfonamides is 1. The Morgan fingerprint density at radius 3 is 2.36 bits per heavy atom. The molecule has 0 radical (unpaired) electrons. The van der Waals surface area contributed by atoms with E-state index in [9.17, 15) is 17.2 Å². The van der Waals surface area contributed by atoms with Gasteiger partial charge in [-0.05, 0) is 39.5 Å². The highest BCUT2D eigenvalue weighted by atomic mass is 79.9. The standard InChI is InChI=1S/C15H14BrF2NO2S/c1-9(2)11-5-3-4-6-14(11)19-22(20,21)15-12(16)7-10(17)8-13(15)18/h3-9,19H,1-2H3. The Bertz CT molecular complexity index is 784. The second kappa shape index (κ2) is 6.34. The van der Waals surface area contributed by atoms with Crippen molar-refractivity contribution in [3.8, 4) is 0 Å². The number of nitrogens with one attached hydrogen (secondary N) is 1. The molecule has 0 bridgehead atoms. The van der Waals surface area contributed by atoms with Crippen LogP contribution in [0.25, 0.3) is 0 Å². The molecular formula is C15H14BrF2NO2S. The monoisotopic (exact) mass is 389 g/mol. The van der Waals surface area contributed by atoms with E-state index in [1.54, 1.807) is 24.3 Å². The van der Waals surface area contributed by atoms with Crippen molar-refractivity contribution in [2.75, 3.05) is 4.72 Å². The Morgan fingerprint density at radius 1 is 1.14 bits per heavy atom. The lowest BCUT2D eigenvalue weighted by Crippen LogP contribution is -2.17. The normalized spacial score (nSPS) is 11.7. The van der Waals surface area contributed by atoms with Gasteiger partial charge >= 0.3 is 0 Å². The Kier molecular flexibility index (Phi) is 4.87. The van der Waals surface area contributed by atoms with Crippen LogP contribution in [0.5, 0.6) is 0 Å². The average molecular weight is 390 g/mol. The number of para-hydroxylation sites is 1. The molecule has 2 rings (SSSR count). The molecule has 0 saturated heterocycles. The summed E-state index contributed by atoms with van der Waals surface area (Å²) in [6.07, 6.45) is 0. The number of rotatable bonds is 4. The Morgan fingerprint density at radius 2 is 1.77 bits per heavy atom. The summed E-state index contributed by atoms with van der Waals surface area (Å²) < 4.78 is 54.0. The van der Waals surface area contributed by atoms with Crippen LogP contribution in [0, 0.1) is 11.6 Å². The van der Waals surface area contributed by atoms with E-state index < -0.39 is 26.6 Å². The molecule has 0 heterocycles. The third-order valence-corrected chi connectivity index (χ3v) is 5.39. The van der Waals surface area contributed by atoms with Crippen molar-refractivity contribution in [1.82, 2.24) is 0 Å². The maximum Gasteiger partial charge on any atom is 0.265 e. The van der Waals surface area contributed by atoms with Crippen LogP contribution in [0.4, 0.5) is 14.5 Å². The van der Waals surface area contributed by atoms with Gasteiger partial charge in [-0.15, -0.1) is 0 Å². The molecule has 3 nitrogen and oxygen atoms in total. The molecule has 22 heavy (non-hydrogen) atoms. The minimum Gasteiger partial charge on any atom is -0.279 e. The van der Waals surface area contributed by atoms with E-state index in [0.717, 1.165) is 11.6 Å². The van der Waals surface area contributed by atoms with Crippen LogP contribution in [0.1, 0.15) is 25.3 Å². The molecule has 0 saturated carbocycles. The highest BCUT2D eigenvalue weighted by molar-refractivity contribution is 9.10. The first-order valence-electron chi connectivity index (χ1n) is 6.48. The van der Waals surface area contributed by atoms with Gasteiger partial charge in [-0.3, -0.25) is 4.72 Å². The molecule has 0 unspecified atom stereocenters. The SMILES string of the molecule is CC(C)c1ccccc1NS(=O)(=O)c1c(F)cc(F)cc1Br. The molecular weight excluding hydrogens is 376 g/mol. The van der Waals surface area contributed by atoms with Gasteiger partial charge < -0.3 is 0 Å². The number of halogens is 3. The quantitative estimate of drug-likeness (QED) is 0.826. The summed E-state index contributed by atoms with van der Waals surface area (Å²) in [5.41, 5.74) is 1.15. The summed E-state index contributed by atoms with van der Waals surface area (Å²) in [5, 5.41) is 0. The Labute approximate surface area is 136 Å². The third kappa shape index (κ3) is 3.47. The van der Waals surface area contributed by atoms with Crippen LogP contribution in [-0.4, -0.2) is 8.42 Å². The molecule has 0 aliphatic heterocycles. The van der Waals surface area contributed by atoms with E-state index in [4.69, 9.17) is 0 Å². The molecule has 7 heteroatoms. The van der Waals surface area contributed by atoms with Crippen molar-refractivity contribution in [3.63, 3.8) is 0 Å². The smallest absolute Gasteiger partial charge is 0.265 e. The predicted molar refractivity (Wildman–Crippen MR) is 85.4 cm³/mol. The summed E-state index contributed by atoms with van der Waals surface area (Å²) in [4.78, 5) is -0.618. The zero-order valence-electron chi connectivity index (χ0n) is 11.9. The van der Waals surface area contributed by atoms with Gasteiger partial charge in [0.1, 0.15) is 16.5 Å². The number of hydrogen-bond donors (Lipinski definition) is 1. The van der Waals surface area contributed by atoms with Gasteiger partial charge in [0, 0.05) is 10.5 Å². The van der Waals surface area contributed by atoms with Gasteiger partial charge in [0.25, 0.3) is 10.0 Å². The first-order chi connectivity index (χ1) is 10.2. The molecule has 0 aliphatic carbocycles. The van der Waals surface area contributed by atoms with E-state index >= 15 is 0 Å². The number of anilines is 1. The molecule has 0 atom stereocenters. The van der Waals surface area contributed by atoms with E-state index in [0.29, 0.717) is 11.8 Å². The van der Waals surface area contributed by atoms with Crippen molar-refractivity contribution in [1.29, 1.82) is 0 Å². The third-order valence-electron chi connectivity index (χ3n) is 3.06. The van der Waals surface area contributed by atoms with E-state index in [-0.39, 0.29) is 10.4 Å². The van der Waals surface area contributed by atoms with E-state index in [2.05, 4.69) is 20.7 Å². The van der Waals surface area contributed by atoms with E-state index in [1.165, 1.54) is 0 Å². The van der Waals surface area contributed by atoms with Crippen LogP contribution in [-0.2, 0) is 10.0 Å². The van der Waals surface area contributed by atoms with Crippen molar-refractivity contribution in [2.24, 2.45) is 0 Å². The lowest BCUT2D eigenvalue weighted by molar-refractivity contribution is 0.548. The largest absolute Gasteiger partial charge is 0.279 e. The summed E-state index contributed by atoms with van der Waals surface area (Å²) >= 11 is 2.90. The van der Waals surface area contributed by atoms with Gasteiger partial charge in [-0.25, -0.2) is 17.2 Å². The number of hydrogen-bond acceptors (Lipinski definition) is 2. The molecule has 118 valence electrons. The fourth-order valence-electron chi connectivity index (χ4n) is 2.07. The highest BCUT2D eigenvalue weighted by Gasteiger charge is 2.24. The second-order valence-corrected chi connectivity index (χ2v) is 7.52. The van der Waals surface area contributed by atoms with E-state index in [1.807, 2.05) is 13.8 Å². The topological polar surface area (TPSA) is 46.2 Å². The van der Waals surface area contributed by atoms with Gasteiger partial charge in [-0.2, -0.15) is 0 Å². The maximum atomic E-state index is 13.9. The summed E-state index contributed by atoms with van der Waals surface area (Å²) in [6, 6.07) is 8.31. The van der Waals surface area contributed by atoms with Crippen LogP contribution >= 0.6 is 15.9 Å². The highest BCUT2D eigenvalue weighted by Crippen LogP contribution is 2.30. The minimum absolute atomic E-state index is 0.0837. The van der Waals surface area contributed by atoms with Crippen LogP contribution in [0.15, 0.2) is 45.8 Å². The molecule has 2 aromatic rings. The molecule has 1 N–H and O–H groups in total. The van der Waals surface area contributed by atoms with Crippen molar-refractivity contribution in [2.45, 2.75) is 24.7 Å². The van der Waals surface area contributed by atoms with Crippen LogP contribution < -0.4 is 4.72 Å². The van der Waals surface area contributed by atoms with Crippen LogP contribution in [0.2, 0.25) is 0 Å². The Balaban J connectivity index is 2.50. The summed E-state index contributed by atoms with van der Waals surface area (Å²) in [5.74, 6) is -1.92. The molecule has 0 fully saturated rings. The first-order valence-corrected chi connectivity index (χ1v) is 8.76. The zero-order valence-corrected chi connectivity index (χ0v) is 14.3. The number of benzene rings is 2. The van der Waals surface area contributed by atoms with Crippen molar-refractivity contribution in [3.05, 3.63) is 58.1 Å². The molecule has 0 amide bonds.